The highest BCUT2D eigenvalue weighted by atomic mass is 16.5. The van der Waals surface area contributed by atoms with Gasteiger partial charge in [-0.05, 0) is 103 Å². The lowest BCUT2D eigenvalue weighted by Gasteiger charge is -2.41. The summed E-state index contributed by atoms with van der Waals surface area (Å²) in [4.78, 5) is 19.9. The Kier molecular flexibility index (Phi) is 9.20. The van der Waals surface area contributed by atoms with Crippen molar-refractivity contribution in [1.29, 1.82) is 5.26 Å². The number of carboxylic acids is 1. The van der Waals surface area contributed by atoms with Gasteiger partial charge in [0.2, 0.25) is 0 Å². The van der Waals surface area contributed by atoms with Crippen LogP contribution in [0.15, 0.2) is 48.5 Å². The highest BCUT2D eigenvalue weighted by molar-refractivity contribution is 5.80. The molecule has 0 radical (unpaired) electrons. The number of hydrogen-bond acceptors (Lipinski definition) is 8. The largest absolute Gasteiger partial charge is 0.490 e. The van der Waals surface area contributed by atoms with Gasteiger partial charge in [-0.15, -0.1) is 0 Å². The van der Waals surface area contributed by atoms with Crippen molar-refractivity contribution < 1.29 is 24.1 Å². The van der Waals surface area contributed by atoms with Gasteiger partial charge in [-0.3, -0.25) is 0 Å². The molecule has 1 saturated heterocycles. The molecular weight excluding hydrogens is 606 g/mol. The average Bonchev–Trinajstić information content (AvgIpc) is 3.46. The van der Waals surface area contributed by atoms with Crippen molar-refractivity contribution in [2.75, 3.05) is 24.6 Å². The van der Waals surface area contributed by atoms with E-state index in [9.17, 15) is 15.2 Å². The maximum absolute atomic E-state index is 12.8. The van der Waals surface area contributed by atoms with E-state index in [1.54, 1.807) is 10.6 Å². The minimum atomic E-state index is -1.24. The first-order valence-corrected chi connectivity index (χ1v) is 16.9. The average molecular weight is 652 g/mol. The van der Waals surface area contributed by atoms with E-state index in [0.717, 1.165) is 54.5 Å². The fourth-order valence-electron chi connectivity index (χ4n) is 6.69. The van der Waals surface area contributed by atoms with E-state index in [1.165, 1.54) is 0 Å². The van der Waals surface area contributed by atoms with E-state index in [-0.39, 0.29) is 11.7 Å². The summed E-state index contributed by atoms with van der Waals surface area (Å²) in [5.41, 5.74) is 4.54. The molecule has 1 fully saturated rings. The first kappa shape index (κ1) is 33.4. The van der Waals surface area contributed by atoms with E-state index >= 15 is 0 Å². The van der Waals surface area contributed by atoms with Gasteiger partial charge in [0, 0.05) is 42.6 Å². The van der Waals surface area contributed by atoms with E-state index in [2.05, 4.69) is 24.8 Å². The molecule has 7 rings (SSSR count). The predicted molar refractivity (Wildman–Crippen MR) is 184 cm³/mol. The molecular formula is C38H45N5O5. The number of fused-ring (bicyclic) bond motifs is 8. The first-order valence-electron chi connectivity index (χ1n) is 16.9. The normalized spacial score (nSPS) is 20.9. The fraction of sp³-hybridized carbons (Fsp3) is 0.474. The lowest BCUT2D eigenvalue weighted by atomic mass is 9.92. The van der Waals surface area contributed by atoms with Gasteiger partial charge >= 0.3 is 5.97 Å². The van der Waals surface area contributed by atoms with Crippen LogP contribution in [0, 0.1) is 18.3 Å². The molecule has 0 aliphatic carbocycles. The third-order valence-electron chi connectivity index (χ3n) is 9.24. The number of piperidine rings is 1. The second-order valence-corrected chi connectivity index (χ2v) is 14.3. The smallest absolute Gasteiger partial charge is 0.337 e. The van der Waals surface area contributed by atoms with Crippen LogP contribution in [0.25, 0.3) is 28.0 Å². The summed E-state index contributed by atoms with van der Waals surface area (Å²) in [6.07, 6.45) is 3.08. The van der Waals surface area contributed by atoms with Crippen LogP contribution in [0.1, 0.15) is 89.6 Å². The van der Waals surface area contributed by atoms with Gasteiger partial charge in [0.15, 0.2) is 11.8 Å². The highest BCUT2D eigenvalue weighted by Gasteiger charge is 2.38. The van der Waals surface area contributed by atoms with E-state index in [1.807, 2.05) is 70.2 Å². The summed E-state index contributed by atoms with van der Waals surface area (Å²) in [7, 11) is 0. The molecule has 1 N–H and O–H groups in total. The zero-order valence-electron chi connectivity index (χ0n) is 28.7. The Hall–Kier alpha value is -4.46. The first-order chi connectivity index (χ1) is 22.8. The maximum Gasteiger partial charge on any atom is 0.337 e. The highest BCUT2D eigenvalue weighted by Crippen LogP contribution is 2.39. The molecule has 6 bridgehead atoms. The molecule has 0 saturated carbocycles. The monoisotopic (exact) mass is 651 g/mol. The van der Waals surface area contributed by atoms with Crippen molar-refractivity contribution in [3.8, 4) is 34.2 Å². The molecule has 3 aliphatic heterocycles. The SMILES string of the molecule is Cc1nc2cc3nn2c(c1[C@H](OC(C)(C)C)C(=O)O)N1CCC(C)(CC1)OCCCC[C@H](C)Oc1ccc(C#N)cc1-c1cccc-3c1. The van der Waals surface area contributed by atoms with Gasteiger partial charge in [-0.1, -0.05) is 18.2 Å². The van der Waals surface area contributed by atoms with Crippen molar-refractivity contribution in [3.05, 3.63) is 65.4 Å². The molecule has 0 amide bonds. The summed E-state index contributed by atoms with van der Waals surface area (Å²) in [5, 5.41) is 25.3. The third kappa shape index (κ3) is 7.03. The van der Waals surface area contributed by atoms with Gasteiger partial charge in [0.1, 0.15) is 11.6 Å². The minimum absolute atomic E-state index is 0.0125. The molecule has 0 spiro atoms. The number of aryl methyl sites for hydroxylation is 1. The maximum atomic E-state index is 12.8. The second-order valence-electron chi connectivity index (χ2n) is 14.3. The molecule has 252 valence electrons. The molecule has 4 aromatic rings. The number of nitrogens with zero attached hydrogens (tertiary/aromatic N) is 5. The van der Waals surface area contributed by atoms with Crippen LogP contribution in [0.2, 0.25) is 0 Å². The predicted octanol–water partition coefficient (Wildman–Crippen LogP) is 7.51. The van der Waals surface area contributed by atoms with Gasteiger partial charge in [-0.25, -0.2) is 9.78 Å². The number of nitriles is 1. The lowest BCUT2D eigenvalue weighted by molar-refractivity contribution is -0.160. The zero-order valence-corrected chi connectivity index (χ0v) is 28.7. The van der Waals surface area contributed by atoms with Crippen LogP contribution in [-0.4, -0.2) is 62.7 Å². The van der Waals surface area contributed by atoms with E-state index in [0.29, 0.717) is 53.7 Å². The van der Waals surface area contributed by atoms with Crippen LogP contribution in [0.4, 0.5) is 5.82 Å². The number of aromatic nitrogens is 3. The van der Waals surface area contributed by atoms with E-state index < -0.39 is 17.7 Å². The molecule has 2 aromatic heterocycles. The van der Waals surface area contributed by atoms with E-state index in [4.69, 9.17) is 24.3 Å². The number of anilines is 1. The molecule has 10 nitrogen and oxygen atoms in total. The Balaban J connectivity index is 1.54. The topological polar surface area (TPSA) is 122 Å². The number of ether oxygens (including phenoxy) is 3. The van der Waals surface area contributed by atoms with Crippen LogP contribution < -0.4 is 9.64 Å². The van der Waals surface area contributed by atoms with Gasteiger partial charge < -0.3 is 24.2 Å². The Morgan fingerprint density at radius 3 is 2.58 bits per heavy atom. The number of rotatable bonds is 3. The molecule has 48 heavy (non-hydrogen) atoms. The number of aliphatic carboxylic acids is 1. The molecule has 0 unspecified atom stereocenters. The molecule has 2 atom stereocenters. The molecule has 2 aromatic carbocycles. The van der Waals surface area contributed by atoms with Crippen molar-refractivity contribution >= 4 is 17.4 Å². The van der Waals surface area contributed by atoms with Crippen molar-refractivity contribution in [2.45, 2.75) is 97.1 Å². The number of carbonyl (C=O) groups is 1. The van der Waals surface area contributed by atoms with Gasteiger partial charge in [0.25, 0.3) is 0 Å². The van der Waals surface area contributed by atoms with Gasteiger partial charge in [-0.2, -0.15) is 14.9 Å². The summed E-state index contributed by atoms with van der Waals surface area (Å²) >= 11 is 0. The Bertz CT molecular complexity index is 1860. The summed E-state index contributed by atoms with van der Waals surface area (Å²) in [5.74, 6) is 0.327. The summed E-state index contributed by atoms with van der Waals surface area (Å²) in [6.45, 7) is 13.7. The zero-order chi connectivity index (χ0) is 34.2. The summed E-state index contributed by atoms with van der Waals surface area (Å²) < 4.78 is 20.9. The fourth-order valence-corrected chi connectivity index (χ4v) is 6.69. The van der Waals surface area contributed by atoms with Crippen molar-refractivity contribution in [3.63, 3.8) is 0 Å². The lowest BCUT2D eigenvalue weighted by Crippen LogP contribution is -2.46. The van der Waals surface area contributed by atoms with Crippen molar-refractivity contribution in [2.24, 2.45) is 0 Å². The quantitative estimate of drug-likeness (QED) is 0.240. The number of hydrogen-bond donors (Lipinski definition) is 1. The van der Waals surface area contributed by atoms with Crippen LogP contribution in [0.5, 0.6) is 5.75 Å². The molecule has 5 heterocycles. The minimum Gasteiger partial charge on any atom is -0.490 e. The number of carboxylic acid groups (broad SMARTS) is 1. The number of benzene rings is 2. The van der Waals surface area contributed by atoms with Crippen molar-refractivity contribution in [1.82, 2.24) is 14.6 Å². The molecule has 10 heteroatoms. The van der Waals surface area contributed by atoms with Crippen LogP contribution in [-0.2, 0) is 14.3 Å². The Morgan fingerprint density at radius 2 is 1.88 bits per heavy atom. The summed E-state index contributed by atoms with van der Waals surface area (Å²) in [6, 6.07) is 17.8. The van der Waals surface area contributed by atoms with Crippen LogP contribution in [0.3, 0.4) is 0 Å². The second kappa shape index (κ2) is 13.2. The Morgan fingerprint density at radius 1 is 1.12 bits per heavy atom. The van der Waals surface area contributed by atoms with Crippen LogP contribution >= 0.6 is 0 Å². The third-order valence-corrected chi connectivity index (χ3v) is 9.24. The van der Waals surface area contributed by atoms with Gasteiger partial charge in [0.05, 0.1) is 40.2 Å². The Labute approximate surface area is 282 Å². The standard InChI is InChI=1S/C38H45N5O5/c1-24-10-7-8-19-46-38(6)15-17-42(18-16-38)35-33(34(36(44)45)48-37(3,4)5)25(2)40-32-22-30(41-43(32)35)28-12-9-11-27(21-28)29-20-26(23-39)13-14-31(29)47-24/h9,11-14,20-22,24,34H,7-8,10,15-19H2,1-6H3,(H,44,45)/t24-,34-/m0/s1. The molecule has 3 aliphatic rings.